The number of benzene rings is 1. The van der Waals surface area contributed by atoms with E-state index in [9.17, 15) is 4.79 Å². The zero-order valence-electron chi connectivity index (χ0n) is 9.65. The highest BCUT2D eigenvalue weighted by atomic mass is 79.9. The van der Waals surface area contributed by atoms with Crippen LogP contribution in [0, 0.1) is 0 Å². The molecule has 1 fully saturated rings. The normalized spacial score (nSPS) is 19.3. The molecule has 5 heteroatoms. The lowest BCUT2D eigenvalue weighted by Crippen LogP contribution is -2.37. The molecule has 0 spiro atoms. The van der Waals surface area contributed by atoms with Gasteiger partial charge in [0.2, 0.25) is 0 Å². The highest BCUT2D eigenvalue weighted by molar-refractivity contribution is 9.10. The van der Waals surface area contributed by atoms with Crippen molar-refractivity contribution in [1.29, 1.82) is 0 Å². The first-order valence-corrected chi connectivity index (χ1v) is 7.44. The number of hydrogen-bond acceptors (Lipinski definition) is 3. The van der Waals surface area contributed by atoms with Gasteiger partial charge in [0.05, 0.1) is 5.56 Å². The van der Waals surface area contributed by atoms with Gasteiger partial charge < -0.3 is 10.6 Å². The third kappa shape index (κ3) is 2.77. The summed E-state index contributed by atoms with van der Waals surface area (Å²) in [4.78, 5) is 14.1. The van der Waals surface area contributed by atoms with Crippen LogP contribution in [-0.2, 0) is 0 Å². The second-order valence-corrected chi connectivity index (χ2v) is 6.23. The summed E-state index contributed by atoms with van der Waals surface area (Å²) in [5.74, 6) is 2.18. The lowest BCUT2D eigenvalue weighted by atomic mass is 10.1. The maximum absolute atomic E-state index is 12.3. The van der Waals surface area contributed by atoms with Crippen molar-refractivity contribution in [2.75, 3.05) is 24.3 Å². The number of nitrogen functional groups attached to an aromatic ring is 1. The third-order valence-corrected chi connectivity index (χ3v) is 4.66. The van der Waals surface area contributed by atoms with Crippen molar-refractivity contribution in [2.45, 2.75) is 12.5 Å². The van der Waals surface area contributed by atoms with Crippen molar-refractivity contribution in [3.8, 4) is 0 Å². The fourth-order valence-electron chi connectivity index (χ4n) is 1.91. The molecule has 1 aliphatic rings. The van der Waals surface area contributed by atoms with Crippen LogP contribution in [0.2, 0.25) is 0 Å². The minimum absolute atomic E-state index is 0.0162. The molecule has 1 unspecified atom stereocenters. The lowest BCUT2D eigenvalue weighted by molar-refractivity contribution is 0.0749. The van der Waals surface area contributed by atoms with E-state index in [-0.39, 0.29) is 5.91 Å². The van der Waals surface area contributed by atoms with Gasteiger partial charge in [-0.2, -0.15) is 11.8 Å². The SMILES string of the molecule is CN(C(=O)c1ccc(Br)cc1N)C1CCSC1. The summed E-state index contributed by atoms with van der Waals surface area (Å²) in [6.07, 6.45) is 1.07. The van der Waals surface area contributed by atoms with Crippen molar-refractivity contribution in [2.24, 2.45) is 0 Å². The number of thioether (sulfide) groups is 1. The number of halogens is 1. The van der Waals surface area contributed by atoms with Gasteiger partial charge in [-0.25, -0.2) is 0 Å². The molecule has 1 aromatic rings. The predicted molar refractivity (Wildman–Crippen MR) is 76.4 cm³/mol. The minimum Gasteiger partial charge on any atom is -0.398 e. The van der Waals surface area contributed by atoms with Gasteiger partial charge in [-0.15, -0.1) is 0 Å². The number of amides is 1. The Morgan fingerprint density at radius 1 is 1.59 bits per heavy atom. The molecule has 2 rings (SSSR count). The smallest absolute Gasteiger partial charge is 0.255 e. The zero-order chi connectivity index (χ0) is 12.4. The molecule has 0 saturated carbocycles. The Labute approximate surface area is 114 Å². The second-order valence-electron chi connectivity index (χ2n) is 4.17. The van der Waals surface area contributed by atoms with E-state index in [4.69, 9.17) is 5.73 Å². The lowest BCUT2D eigenvalue weighted by Gasteiger charge is -2.24. The number of rotatable bonds is 2. The van der Waals surface area contributed by atoms with Crippen molar-refractivity contribution in [3.05, 3.63) is 28.2 Å². The molecule has 1 atom stereocenters. The van der Waals surface area contributed by atoms with Gasteiger partial charge in [0.15, 0.2) is 0 Å². The van der Waals surface area contributed by atoms with Gasteiger partial charge in [-0.05, 0) is 30.4 Å². The summed E-state index contributed by atoms with van der Waals surface area (Å²) < 4.78 is 0.894. The van der Waals surface area contributed by atoms with E-state index in [1.165, 1.54) is 0 Å². The molecule has 1 aliphatic heterocycles. The molecule has 1 amide bonds. The second kappa shape index (κ2) is 5.31. The highest BCUT2D eigenvalue weighted by Crippen LogP contribution is 2.25. The number of nitrogens with two attached hydrogens (primary N) is 1. The van der Waals surface area contributed by atoms with Crippen LogP contribution in [0.4, 0.5) is 5.69 Å². The van der Waals surface area contributed by atoms with E-state index in [0.717, 1.165) is 22.4 Å². The van der Waals surface area contributed by atoms with E-state index in [0.29, 0.717) is 17.3 Å². The fourth-order valence-corrected chi connectivity index (χ4v) is 3.56. The largest absolute Gasteiger partial charge is 0.398 e. The molecule has 0 radical (unpaired) electrons. The Kier molecular flexibility index (Phi) is 3.99. The van der Waals surface area contributed by atoms with Gasteiger partial charge in [-0.1, -0.05) is 15.9 Å². The average Bonchev–Trinajstić information content (AvgIpc) is 2.80. The van der Waals surface area contributed by atoms with Gasteiger partial charge in [-0.3, -0.25) is 4.79 Å². The van der Waals surface area contributed by atoms with Crippen molar-refractivity contribution in [3.63, 3.8) is 0 Å². The van der Waals surface area contributed by atoms with E-state index in [2.05, 4.69) is 15.9 Å². The van der Waals surface area contributed by atoms with Gasteiger partial charge in [0, 0.05) is 29.0 Å². The third-order valence-electron chi connectivity index (χ3n) is 3.02. The van der Waals surface area contributed by atoms with Crippen LogP contribution in [0.1, 0.15) is 16.8 Å². The molecular formula is C12H15BrN2OS. The van der Waals surface area contributed by atoms with Crippen LogP contribution in [0.25, 0.3) is 0 Å². The summed E-state index contributed by atoms with van der Waals surface area (Å²) in [5, 5.41) is 0. The molecule has 2 N–H and O–H groups in total. The number of nitrogens with zero attached hydrogens (tertiary/aromatic N) is 1. The van der Waals surface area contributed by atoms with Crippen LogP contribution >= 0.6 is 27.7 Å². The van der Waals surface area contributed by atoms with Gasteiger partial charge in [0.25, 0.3) is 5.91 Å². The molecule has 0 bridgehead atoms. The summed E-state index contributed by atoms with van der Waals surface area (Å²) >= 11 is 5.24. The van der Waals surface area contributed by atoms with Crippen molar-refractivity contribution in [1.82, 2.24) is 4.90 Å². The molecule has 0 aliphatic carbocycles. The van der Waals surface area contributed by atoms with E-state index >= 15 is 0 Å². The van der Waals surface area contributed by atoms with Crippen LogP contribution in [0.5, 0.6) is 0 Å². The molecule has 0 aromatic heterocycles. The van der Waals surface area contributed by atoms with Gasteiger partial charge >= 0.3 is 0 Å². The Balaban J connectivity index is 2.18. The van der Waals surface area contributed by atoms with Gasteiger partial charge in [0.1, 0.15) is 0 Å². The summed E-state index contributed by atoms with van der Waals surface area (Å²) in [6, 6.07) is 5.74. The van der Waals surface area contributed by atoms with E-state index in [1.807, 2.05) is 29.8 Å². The van der Waals surface area contributed by atoms with Crippen LogP contribution in [0.15, 0.2) is 22.7 Å². The summed E-state index contributed by atoms with van der Waals surface area (Å²) in [5.41, 5.74) is 7.00. The molecule has 17 heavy (non-hydrogen) atoms. The first-order valence-electron chi connectivity index (χ1n) is 5.49. The predicted octanol–water partition coefficient (Wildman–Crippen LogP) is 2.61. The molecular weight excluding hydrogens is 300 g/mol. The monoisotopic (exact) mass is 314 g/mol. The minimum atomic E-state index is 0.0162. The molecule has 1 aromatic carbocycles. The zero-order valence-corrected chi connectivity index (χ0v) is 12.1. The maximum atomic E-state index is 12.3. The van der Waals surface area contributed by atoms with E-state index in [1.54, 1.807) is 12.1 Å². The quantitative estimate of drug-likeness (QED) is 0.854. The Hall–Kier alpha value is -0.680. The Morgan fingerprint density at radius 3 is 2.94 bits per heavy atom. The van der Waals surface area contributed by atoms with Crippen LogP contribution in [-0.4, -0.2) is 35.4 Å². The summed E-state index contributed by atoms with van der Waals surface area (Å²) in [6.45, 7) is 0. The average molecular weight is 315 g/mol. The maximum Gasteiger partial charge on any atom is 0.255 e. The number of carbonyl (C=O) groups excluding carboxylic acids is 1. The van der Waals surface area contributed by atoms with Crippen LogP contribution < -0.4 is 5.73 Å². The number of carbonyl (C=O) groups is 1. The van der Waals surface area contributed by atoms with Crippen molar-refractivity contribution < 1.29 is 4.79 Å². The first-order chi connectivity index (χ1) is 8.09. The summed E-state index contributed by atoms with van der Waals surface area (Å²) in [7, 11) is 1.86. The molecule has 1 heterocycles. The van der Waals surface area contributed by atoms with Crippen molar-refractivity contribution >= 4 is 39.3 Å². The highest BCUT2D eigenvalue weighted by Gasteiger charge is 2.25. The van der Waals surface area contributed by atoms with Crippen LogP contribution in [0.3, 0.4) is 0 Å². The number of hydrogen-bond donors (Lipinski definition) is 1. The Morgan fingerprint density at radius 2 is 2.35 bits per heavy atom. The fraction of sp³-hybridized carbons (Fsp3) is 0.417. The molecule has 92 valence electrons. The standard InChI is InChI=1S/C12H15BrN2OS/c1-15(9-4-5-17-7-9)12(16)10-3-2-8(13)6-11(10)14/h2-3,6,9H,4-5,7,14H2,1H3. The topological polar surface area (TPSA) is 46.3 Å². The molecule has 3 nitrogen and oxygen atoms in total. The molecule has 1 saturated heterocycles. The Bertz CT molecular complexity index is 433. The number of anilines is 1. The first kappa shape index (κ1) is 12.8. The van der Waals surface area contributed by atoms with E-state index < -0.39 is 0 Å².